The van der Waals surface area contributed by atoms with Crippen LogP contribution in [0.2, 0.25) is 0 Å². The number of aromatic nitrogens is 2. The molecule has 1 N–H and O–H groups in total. The van der Waals surface area contributed by atoms with Gasteiger partial charge in [0, 0.05) is 12.6 Å². The quantitative estimate of drug-likeness (QED) is 0.912. The van der Waals surface area contributed by atoms with Crippen LogP contribution in [0.1, 0.15) is 22.6 Å². The van der Waals surface area contributed by atoms with E-state index >= 15 is 0 Å². The molecule has 0 spiro atoms. The van der Waals surface area contributed by atoms with Crippen LogP contribution < -0.4 is 0 Å². The summed E-state index contributed by atoms with van der Waals surface area (Å²) < 4.78 is 24.7. The third-order valence-electron chi connectivity index (χ3n) is 3.65. The Bertz CT molecular complexity index is 779. The lowest BCUT2D eigenvalue weighted by Gasteiger charge is -2.07. The Morgan fingerprint density at radius 2 is 2.30 bits per heavy atom. The van der Waals surface area contributed by atoms with E-state index in [1.54, 1.807) is 18.5 Å². The van der Waals surface area contributed by atoms with Crippen LogP contribution in [0, 0.1) is 5.92 Å². The number of sulfone groups is 1. The minimum Gasteiger partial charge on any atom is -0.478 e. The fraction of sp³-hybridized carbons (Fsp3) is 0.385. The predicted octanol–water partition coefficient (Wildman–Crippen LogP) is 1.01. The van der Waals surface area contributed by atoms with Crippen molar-refractivity contribution < 1.29 is 18.3 Å². The first-order valence-corrected chi connectivity index (χ1v) is 8.16. The number of carbonyl (C=O) groups is 1. The summed E-state index contributed by atoms with van der Waals surface area (Å²) in [5, 5.41) is 8.94. The average Bonchev–Trinajstić information content (AvgIpc) is 2.93. The minimum atomic E-state index is -2.88. The third-order valence-corrected chi connectivity index (χ3v) is 5.49. The van der Waals surface area contributed by atoms with Crippen LogP contribution in [0.15, 0.2) is 24.5 Å². The smallest absolute Gasteiger partial charge is 0.335 e. The maximum absolute atomic E-state index is 11.5. The summed E-state index contributed by atoms with van der Waals surface area (Å²) in [6, 6.07) is 3.08. The summed E-state index contributed by atoms with van der Waals surface area (Å²) >= 11 is 0. The highest BCUT2D eigenvalue weighted by atomic mass is 32.2. The number of fused-ring (bicyclic) bond motifs is 1. The summed E-state index contributed by atoms with van der Waals surface area (Å²) in [6.45, 7) is 0. The molecule has 0 aliphatic carbocycles. The monoisotopic (exact) mass is 294 g/mol. The number of hydrogen-bond donors (Lipinski definition) is 1. The molecule has 3 rings (SSSR count). The fourth-order valence-electron chi connectivity index (χ4n) is 2.63. The molecule has 106 valence electrons. The molecular formula is C13H14N2O4S. The lowest BCUT2D eigenvalue weighted by atomic mass is 10.1. The Balaban J connectivity index is 1.88. The van der Waals surface area contributed by atoms with E-state index in [9.17, 15) is 13.2 Å². The number of hydrogen-bond acceptors (Lipinski definition) is 4. The van der Waals surface area contributed by atoms with Crippen molar-refractivity contribution >= 4 is 21.3 Å². The maximum atomic E-state index is 11.5. The fourth-order valence-corrected chi connectivity index (χ4v) is 4.49. The molecule has 2 aromatic heterocycles. The largest absolute Gasteiger partial charge is 0.478 e. The molecule has 3 heterocycles. The summed E-state index contributed by atoms with van der Waals surface area (Å²) in [4.78, 5) is 15.2. The molecule has 2 aromatic rings. The van der Waals surface area contributed by atoms with Crippen LogP contribution in [0.25, 0.3) is 5.52 Å². The number of carboxylic acids is 1. The van der Waals surface area contributed by atoms with Crippen molar-refractivity contribution in [2.75, 3.05) is 11.5 Å². The lowest BCUT2D eigenvalue weighted by Crippen LogP contribution is -2.10. The first kappa shape index (κ1) is 13.1. The van der Waals surface area contributed by atoms with Crippen LogP contribution in [0.4, 0.5) is 0 Å². The third kappa shape index (κ3) is 2.40. The Morgan fingerprint density at radius 1 is 1.50 bits per heavy atom. The molecule has 0 amide bonds. The molecule has 0 aromatic carbocycles. The Morgan fingerprint density at radius 3 is 2.95 bits per heavy atom. The van der Waals surface area contributed by atoms with Crippen LogP contribution in [0.3, 0.4) is 0 Å². The highest BCUT2D eigenvalue weighted by molar-refractivity contribution is 7.91. The molecule has 1 saturated heterocycles. The van der Waals surface area contributed by atoms with E-state index in [4.69, 9.17) is 5.11 Å². The molecule has 0 radical (unpaired) electrons. The van der Waals surface area contributed by atoms with Crippen molar-refractivity contribution in [1.29, 1.82) is 0 Å². The van der Waals surface area contributed by atoms with Gasteiger partial charge in [0.05, 0.1) is 28.8 Å². The number of rotatable bonds is 3. The van der Waals surface area contributed by atoms with E-state index in [1.165, 1.54) is 6.07 Å². The van der Waals surface area contributed by atoms with Crippen LogP contribution in [-0.4, -0.2) is 40.4 Å². The van der Waals surface area contributed by atoms with Crippen molar-refractivity contribution in [2.45, 2.75) is 12.8 Å². The van der Waals surface area contributed by atoms with Crippen LogP contribution >= 0.6 is 0 Å². The van der Waals surface area contributed by atoms with Gasteiger partial charge in [0.1, 0.15) is 5.82 Å². The number of aromatic carboxylic acids is 1. The zero-order valence-electron chi connectivity index (χ0n) is 10.7. The van der Waals surface area contributed by atoms with Crippen molar-refractivity contribution in [3.63, 3.8) is 0 Å². The van der Waals surface area contributed by atoms with Crippen molar-refractivity contribution in [1.82, 2.24) is 9.38 Å². The molecule has 1 aliphatic rings. The molecule has 1 atom stereocenters. The summed E-state index contributed by atoms with van der Waals surface area (Å²) in [7, 11) is -2.88. The van der Waals surface area contributed by atoms with Crippen molar-refractivity contribution in [3.8, 4) is 0 Å². The average molecular weight is 294 g/mol. The van der Waals surface area contributed by atoms with E-state index in [-0.39, 0.29) is 23.0 Å². The molecule has 6 nitrogen and oxygen atoms in total. The Labute approximate surface area is 116 Å². The standard InChI is InChI=1S/C13H14N2O4S/c16-13(17)10-1-3-15-11(6-10)7-14-12(15)5-9-2-4-20(18,19)8-9/h1,3,6-7,9H,2,4-5,8H2,(H,16,17). The number of carboxylic acid groups (broad SMARTS) is 1. The van der Waals surface area contributed by atoms with Crippen LogP contribution in [-0.2, 0) is 16.3 Å². The Hall–Kier alpha value is -1.89. The summed E-state index contributed by atoms with van der Waals surface area (Å²) in [5.74, 6) is 0.375. The molecule has 0 saturated carbocycles. The summed E-state index contributed by atoms with van der Waals surface area (Å²) in [5.41, 5.74) is 0.924. The molecule has 1 fully saturated rings. The number of nitrogens with zero attached hydrogens (tertiary/aromatic N) is 2. The minimum absolute atomic E-state index is 0.102. The topological polar surface area (TPSA) is 88.7 Å². The van der Waals surface area contributed by atoms with Gasteiger partial charge in [-0.3, -0.25) is 0 Å². The molecular weight excluding hydrogens is 280 g/mol. The van der Waals surface area contributed by atoms with E-state index < -0.39 is 15.8 Å². The van der Waals surface area contributed by atoms with Gasteiger partial charge in [0.25, 0.3) is 0 Å². The SMILES string of the molecule is O=C(O)c1ccn2c(CC3CCS(=O)(=O)C3)ncc2c1. The van der Waals surface area contributed by atoms with Gasteiger partial charge in [-0.2, -0.15) is 0 Å². The molecule has 1 unspecified atom stereocenters. The van der Waals surface area contributed by atoms with Crippen LogP contribution in [0.5, 0.6) is 0 Å². The zero-order valence-corrected chi connectivity index (χ0v) is 11.5. The van der Waals surface area contributed by atoms with Gasteiger partial charge < -0.3 is 9.51 Å². The molecule has 1 aliphatic heterocycles. The highest BCUT2D eigenvalue weighted by Gasteiger charge is 2.28. The van der Waals surface area contributed by atoms with E-state index in [0.29, 0.717) is 18.4 Å². The van der Waals surface area contributed by atoms with Gasteiger partial charge in [0.15, 0.2) is 9.84 Å². The van der Waals surface area contributed by atoms with Gasteiger partial charge in [-0.1, -0.05) is 0 Å². The van der Waals surface area contributed by atoms with Gasteiger partial charge >= 0.3 is 5.97 Å². The second kappa shape index (κ2) is 4.59. The molecule has 0 bridgehead atoms. The second-order valence-electron chi connectivity index (χ2n) is 5.16. The van der Waals surface area contributed by atoms with Gasteiger partial charge in [-0.25, -0.2) is 18.2 Å². The first-order chi connectivity index (χ1) is 9.44. The van der Waals surface area contributed by atoms with E-state index in [1.807, 2.05) is 4.40 Å². The van der Waals surface area contributed by atoms with Gasteiger partial charge in [-0.05, 0) is 24.5 Å². The second-order valence-corrected chi connectivity index (χ2v) is 7.39. The molecule has 20 heavy (non-hydrogen) atoms. The van der Waals surface area contributed by atoms with Gasteiger partial charge in [-0.15, -0.1) is 0 Å². The number of pyridine rings is 1. The van der Waals surface area contributed by atoms with E-state index in [0.717, 1.165) is 5.82 Å². The normalized spacial score (nSPS) is 21.3. The first-order valence-electron chi connectivity index (χ1n) is 6.34. The molecule has 7 heteroatoms. The summed E-state index contributed by atoms with van der Waals surface area (Å²) in [6.07, 6.45) is 4.56. The number of imidazole rings is 1. The highest BCUT2D eigenvalue weighted by Crippen LogP contribution is 2.22. The maximum Gasteiger partial charge on any atom is 0.335 e. The zero-order chi connectivity index (χ0) is 14.3. The predicted molar refractivity (Wildman–Crippen MR) is 72.6 cm³/mol. The van der Waals surface area contributed by atoms with Gasteiger partial charge in [0.2, 0.25) is 0 Å². The Kier molecular flexibility index (Phi) is 3.01. The lowest BCUT2D eigenvalue weighted by molar-refractivity contribution is 0.0697. The van der Waals surface area contributed by atoms with Crippen molar-refractivity contribution in [2.24, 2.45) is 5.92 Å². The van der Waals surface area contributed by atoms with Crippen molar-refractivity contribution in [3.05, 3.63) is 35.9 Å². The van der Waals surface area contributed by atoms with E-state index in [2.05, 4.69) is 4.98 Å².